The first-order valence-corrected chi connectivity index (χ1v) is 7.77. The van der Waals surface area contributed by atoms with E-state index in [1.54, 1.807) is 12.4 Å². The smallest absolute Gasteiger partial charge is 0.128 e. The van der Waals surface area contributed by atoms with Gasteiger partial charge in [0.05, 0.1) is 6.61 Å². The first kappa shape index (κ1) is 16.8. The van der Waals surface area contributed by atoms with E-state index >= 15 is 0 Å². The summed E-state index contributed by atoms with van der Waals surface area (Å²) >= 11 is 13.2. The maximum Gasteiger partial charge on any atom is 0.128 e. The van der Waals surface area contributed by atoms with Crippen molar-refractivity contribution in [1.29, 1.82) is 0 Å². The third-order valence-corrected chi connectivity index (χ3v) is 4.68. The fraction of sp³-hybridized carbons (Fsp3) is 0.278. The topological polar surface area (TPSA) is 33.1 Å². The van der Waals surface area contributed by atoms with Gasteiger partial charge in [0.15, 0.2) is 0 Å². The molecule has 2 aromatic rings. The summed E-state index contributed by atoms with van der Waals surface area (Å²) in [5, 5.41) is 9.68. The molecule has 1 N–H and O–H groups in total. The van der Waals surface area contributed by atoms with Gasteiger partial charge in [0, 0.05) is 29.4 Å². The highest BCUT2D eigenvalue weighted by atomic mass is 35.5. The van der Waals surface area contributed by atoms with Crippen molar-refractivity contribution in [2.75, 3.05) is 0 Å². The number of benzene rings is 1. The fourth-order valence-electron chi connectivity index (χ4n) is 2.57. The molecule has 1 heterocycles. The minimum Gasteiger partial charge on any atom is -0.392 e. The molecule has 22 heavy (non-hydrogen) atoms. The van der Waals surface area contributed by atoms with Crippen molar-refractivity contribution in [2.45, 2.75) is 30.2 Å². The van der Waals surface area contributed by atoms with Crippen molar-refractivity contribution in [1.82, 2.24) is 4.98 Å². The molecule has 0 saturated carbocycles. The molecule has 0 saturated heterocycles. The van der Waals surface area contributed by atoms with Crippen LogP contribution in [0, 0.1) is 12.3 Å². The van der Waals surface area contributed by atoms with Gasteiger partial charge in [-0.3, -0.25) is 4.98 Å². The summed E-state index contributed by atoms with van der Waals surface area (Å²) < 4.78 is -1.04. The number of aromatic nitrogens is 1. The highest BCUT2D eigenvalue weighted by Crippen LogP contribution is 2.46. The maximum absolute atomic E-state index is 9.68. The minimum absolute atomic E-state index is 0.172. The highest BCUT2D eigenvalue weighted by molar-refractivity contribution is 6.49. The Kier molecular flexibility index (Phi) is 5.47. The van der Waals surface area contributed by atoms with Crippen LogP contribution in [0.25, 0.3) is 0 Å². The lowest BCUT2D eigenvalue weighted by atomic mass is 9.82. The predicted octanol–water partition coefficient (Wildman–Crippen LogP) is 4.27. The largest absolute Gasteiger partial charge is 0.392 e. The quantitative estimate of drug-likeness (QED) is 0.654. The molecule has 0 aliphatic rings. The Labute approximate surface area is 141 Å². The number of pyridine rings is 1. The molecule has 0 radical (unpaired) electrons. The Morgan fingerprint density at radius 1 is 1.27 bits per heavy atom. The molecule has 0 aliphatic heterocycles. The average Bonchev–Trinajstić information content (AvgIpc) is 2.56. The van der Waals surface area contributed by atoms with Gasteiger partial charge in [-0.25, -0.2) is 0 Å². The molecular formula is C18H17Cl2NO. The normalized spacial score (nSPS) is 12.7. The van der Waals surface area contributed by atoms with E-state index in [-0.39, 0.29) is 12.5 Å². The van der Waals surface area contributed by atoms with Crippen molar-refractivity contribution in [3.05, 3.63) is 65.0 Å². The Hall–Kier alpha value is -1.53. The number of hydrogen-bond donors (Lipinski definition) is 1. The summed E-state index contributed by atoms with van der Waals surface area (Å²) in [7, 11) is 0. The zero-order chi connectivity index (χ0) is 16.2. The van der Waals surface area contributed by atoms with Gasteiger partial charge in [-0.05, 0) is 17.5 Å². The van der Waals surface area contributed by atoms with Crippen LogP contribution in [0.3, 0.4) is 0 Å². The molecule has 0 amide bonds. The molecule has 1 aromatic carbocycles. The first-order chi connectivity index (χ1) is 10.5. The van der Waals surface area contributed by atoms with Crippen LogP contribution < -0.4 is 0 Å². The average molecular weight is 334 g/mol. The van der Waals surface area contributed by atoms with Gasteiger partial charge in [-0.2, -0.15) is 0 Å². The van der Waals surface area contributed by atoms with E-state index in [1.165, 1.54) is 0 Å². The third-order valence-electron chi connectivity index (χ3n) is 3.71. The summed E-state index contributed by atoms with van der Waals surface area (Å²) in [4.78, 5) is 4.08. The number of hydrogen-bond acceptors (Lipinski definition) is 2. The zero-order valence-corrected chi connectivity index (χ0v) is 13.8. The molecule has 1 unspecified atom stereocenters. The van der Waals surface area contributed by atoms with E-state index in [2.05, 4.69) is 10.9 Å². The Morgan fingerprint density at radius 3 is 2.50 bits per heavy atom. The second-order valence-corrected chi connectivity index (χ2v) is 6.56. The predicted molar refractivity (Wildman–Crippen MR) is 91.1 cm³/mol. The summed E-state index contributed by atoms with van der Waals surface area (Å²) in [5.41, 5.74) is 2.95. The zero-order valence-electron chi connectivity index (χ0n) is 12.3. The van der Waals surface area contributed by atoms with Crippen molar-refractivity contribution >= 4 is 23.2 Å². The molecule has 0 bridgehead atoms. The number of rotatable bonds is 5. The van der Waals surface area contributed by atoms with Gasteiger partial charge >= 0.3 is 0 Å². The number of aliphatic hydroxyl groups excluding tert-OH is 1. The molecule has 114 valence electrons. The van der Waals surface area contributed by atoms with E-state index in [1.807, 2.05) is 37.3 Å². The highest BCUT2D eigenvalue weighted by Gasteiger charge is 2.38. The number of nitrogens with zero attached hydrogens (tertiary/aromatic N) is 1. The first-order valence-electron chi connectivity index (χ1n) is 7.02. The van der Waals surface area contributed by atoms with Gasteiger partial charge in [0.2, 0.25) is 0 Å². The lowest BCUT2D eigenvalue weighted by Crippen LogP contribution is -2.26. The SMILES string of the molecule is C#Cc1cncc(CO)c1C(c1ccccc1)C(Cl)(Cl)CC. The summed E-state index contributed by atoms with van der Waals surface area (Å²) in [6.07, 6.45) is 9.36. The molecular weight excluding hydrogens is 317 g/mol. The molecule has 0 aliphatic carbocycles. The second-order valence-electron chi connectivity index (χ2n) is 5.02. The van der Waals surface area contributed by atoms with E-state index < -0.39 is 4.33 Å². The van der Waals surface area contributed by atoms with Gasteiger partial charge in [-0.1, -0.05) is 43.2 Å². The van der Waals surface area contributed by atoms with Crippen LogP contribution in [-0.4, -0.2) is 14.4 Å². The van der Waals surface area contributed by atoms with E-state index in [9.17, 15) is 5.11 Å². The van der Waals surface area contributed by atoms with Crippen LogP contribution in [-0.2, 0) is 6.61 Å². The molecule has 2 nitrogen and oxygen atoms in total. The van der Waals surface area contributed by atoms with Crippen LogP contribution >= 0.6 is 23.2 Å². The number of terminal acetylenes is 1. The third kappa shape index (κ3) is 3.28. The fourth-order valence-corrected chi connectivity index (χ4v) is 3.04. The lowest BCUT2D eigenvalue weighted by molar-refractivity contribution is 0.279. The van der Waals surface area contributed by atoms with E-state index in [0.717, 1.165) is 11.1 Å². The maximum atomic E-state index is 9.68. The van der Waals surface area contributed by atoms with Crippen LogP contribution in [0.2, 0.25) is 0 Å². The summed E-state index contributed by atoms with van der Waals surface area (Å²) in [6, 6.07) is 9.70. The minimum atomic E-state index is -1.04. The summed E-state index contributed by atoms with van der Waals surface area (Å²) in [5.74, 6) is 2.28. The lowest BCUT2D eigenvalue weighted by Gasteiger charge is -2.32. The second kappa shape index (κ2) is 7.15. The summed E-state index contributed by atoms with van der Waals surface area (Å²) in [6.45, 7) is 1.75. The standard InChI is InChI=1S/C18H17Cl2NO/c1-3-13-10-21-11-15(12-22)16(13)17(18(19,20)4-2)14-8-6-5-7-9-14/h1,5-11,17,22H,4,12H2,2H3. The van der Waals surface area contributed by atoms with Gasteiger partial charge in [-0.15, -0.1) is 29.6 Å². The van der Waals surface area contributed by atoms with Gasteiger partial charge in [0.1, 0.15) is 4.33 Å². The van der Waals surface area contributed by atoms with Gasteiger partial charge < -0.3 is 5.11 Å². The van der Waals surface area contributed by atoms with E-state index in [0.29, 0.717) is 17.5 Å². The van der Waals surface area contributed by atoms with E-state index in [4.69, 9.17) is 29.6 Å². The van der Waals surface area contributed by atoms with Gasteiger partial charge in [0.25, 0.3) is 0 Å². The Bertz CT molecular complexity index is 677. The van der Waals surface area contributed by atoms with Crippen molar-refractivity contribution in [3.63, 3.8) is 0 Å². The molecule has 1 aromatic heterocycles. The molecule has 2 rings (SSSR count). The Morgan fingerprint density at radius 2 is 1.95 bits per heavy atom. The number of aliphatic hydroxyl groups is 1. The molecule has 1 atom stereocenters. The van der Waals surface area contributed by atoms with Crippen LogP contribution in [0.15, 0.2) is 42.7 Å². The molecule has 0 spiro atoms. The Balaban J connectivity index is 2.74. The monoisotopic (exact) mass is 333 g/mol. The van der Waals surface area contributed by atoms with Crippen molar-refractivity contribution < 1.29 is 5.11 Å². The van der Waals surface area contributed by atoms with Crippen LogP contribution in [0.1, 0.15) is 41.5 Å². The van der Waals surface area contributed by atoms with Crippen LogP contribution in [0.5, 0.6) is 0 Å². The number of halogens is 2. The number of alkyl halides is 2. The molecule has 4 heteroatoms. The van der Waals surface area contributed by atoms with Crippen LogP contribution in [0.4, 0.5) is 0 Å². The van der Waals surface area contributed by atoms with Crippen molar-refractivity contribution in [2.24, 2.45) is 0 Å². The van der Waals surface area contributed by atoms with Crippen molar-refractivity contribution in [3.8, 4) is 12.3 Å². The molecule has 0 fully saturated rings.